The van der Waals surface area contributed by atoms with Gasteiger partial charge in [0.25, 0.3) is 0 Å². The number of fused-ring (bicyclic) bond motifs is 1. The zero-order valence-electron chi connectivity index (χ0n) is 15.7. The van der Waals surface area contributed by atoms with E-state index in [1.807, 2.05) is 31.2 Å². The van der Waals surface area contributed by atoms with Gasteiger partial charge in [-0.3, -0.25) is 4.79 Å². The molecule has 0 amide bonds. The Balaban J connectivity index is 1.88. The Morgan fingerprint density at radius 2 is 1.96 bits per heavy atom. The largest absolute Gasteiger partial charge is 0.497 e. The van der Waals surface area contributed by atoms with Gasteiger partial charge < -0.3 is 19.7 Å². The van der Waals surface area contributed by atoms with Gasteiger partial charge in [0.1, 0.15) is 11.3 Å². The fourth-order valence-electron chi connectivity index (χ4n) is 3.09. The van der Waals surface area contributed by atoms with E-state index in [2.05, 4.69) is 5.32 Å². The first-order valence-electron chi connectivity index (χ1n) is 8.91. The van der Waals surface area contributed by atoms with Crippen LogP contribution in [0.25, 0.3) is 10.9 Å². The molecule has 2 N–H and O–H groups in total. The van der Waals surface area contributed by atoms with Crippen LogP contribution in [0.15, 0.2) is 47.4 Å². The highest BCUT2D eigenvalue weighted by Crippen LogP contribution is 2.27. The number of benzene rings is 2. The number of aromatic nitrogens is 1. The molecule has 0 radical (unpaired) electrons. The summed E-state index contributed by atoms with van der Waals surface area (Å²) < 4.78 is 6.87. The number of methoxy groups -OCH3 is 1. The van der Waals surface area contributed by atoms with Crippen molar-refractivity contribution in [1.82, 2.24) is 4.57 Å². The van der Waals surface area contributed by atoms with E-state index in [1.165, 1.54) is 6.20 Å². The van der Waals surface area contributed by atoms with Crippen molar-refractivity contribution in [2.45, 2.75) is 19.9 Å². The van der Waals surface area contributed by atoms with Crippen LogP contribution >= 0.6 is 11.6 Å². The van der Waals surface area contributed by atoms with Crippen molar-refractivity contribution in [3.8, 4) is 5.75 Å². The number of ether oxygens (including phenoxy) is 1. The van der Waals surface area contributed by atoms with Crippen molar-refractivity contribution in [3.05, 3.63) is 69.0 Å². The van der Waals surface area contributed by atoms with E-state index >= 15 is 0 Å². The van der Waals surface area contributed by atoms with Gasteiger partial charge in [0.2, 0.25) is 5.43 Å². The van der Waals surface area contributed by atoms with Gasteiger partial charge in [0.15, 0.2) is 0 Å². The Hall–Kier alpha value is -2.99. The Labute approximate surface area is 167 Å². The molecule has 6 nitrogen and oxygen atoms in total. The number of anilines is 1. The van der Waals surface area contributed by atoms with Crippen molar-refractivity contribution < 1.29 is 14.6 Å². The van der Waals surface area contributed by atoms with Crippen LogP contribution in [-0.2, 0) is 13.0 Å². The number of hydrogen-bond donors (Lipinski definition) is 2. The minimum atomic E-state index is -1.24. The second-order valence-corrected chi connectivity index (χ2v) is 6.74. The number of aryl methyl sites for hydroxylation is 1. The summed E-state index contributed by atoms with van der Waals surface area (Å²) in [5.74, 6) is -0.436. The van der Waals surface area contributed by atoms with E-state index < -0.39 is 11.4 Å². The number of carboxylic acid groups (broad SMARTS) is 1. The molecule has 0 saturated heterocycles. The molecule has 0 bridgehead atoms. The number of carbonyl (C=O) groups is 1. The normalized spacial score (nSPS) is 10.8. The zero-order chi connectivity index (χ0) is 20.3. The highest BCUT2D eigenvalue weighted by molar-refractivity contribution is 6.34. The number of rotatable bonds is 7. The monoisotopic (exact) mass is 400 g/mol. The molecular formula is C21H21ClN2O4. The van der Waals surface area contributed by atoms with Gasteiger partial charge >= 0.3 is 5.97 Å². The molecule has 0 unspecified atom stereocenters. The molecule has 146 valence electrons. The highest BCUT2D eigenvalue weighted by Gasteiger charge is 2.16. The van der Waals surface area contributed by atoms with Gasteiger partial charge in [-0.25, -0.2) is 4.79 Å². The smallest absolute Gasteiger partial charge is 0.341 e. The standard InChI is InChI=1S/C21H21ClN2O4/c1-3-24-12-16(21(26)27)20(25)15-10-18(17(22)11-19(15)24)23-9-8-13-4-6-14(28-2)7-5-13/h4-7,10-12,23H,3,8-9H2,1-2H3,(H,26,27). The average molecular weight is 401 g/mol. The molecule has 1 aromatic heterocycles. The summed E-state index contributed by atoms with van der Waals surface area (Å²) in [5, 5.41) is 13.4. The van der Waals surface area contributed by atoms with Crippen molar-refractivity contribution in [1.29, 1.82) is 0 Å². The van der Waals surface area contributed by atoms with Gasteiger partial charge in [0.05, 0.1) is 23.3 Å². The van der Waals surface area contributed by atoms with E-state index in [1.54, 1.807) is 23.8 Å². The molecule has 0 saturated carbocycles. The third kappa shape index (κ3) is 3.97. The lowest BCUT2D eigenvalue weighted by Gasteiger charge is -2.14. The van der Waals surface area contributed by atoms with Gasteiger partial charge in [-0.1, -0.05) is 23.7 Å². The maximum Gasteiger partial charge on any atom is 0.341 e. The van der Waals surface area contributed by atoms with E-state index in [-0.39, 0.29) is 5.56 Å². The van der Waals surface area contributed by atoms with E-state index in [9.17, 15) is 14.7 Å². The predicted octanol–water partition coefficient (Wildman–Crippen LogP) is 4.04. The van der Waals surface area contributed by atoms with E-state index in [0.717, 1.165) is 17.7 Å². The lowest BCUT2D eigenvalue weighted by molar-refractivity contribution is 0.0695. The van der Waals surface area contributed by atoms with Gasteiger partial charge in [-0.05, 0) is 43.2 Å². The molecule has 1 heterocycles. The summed E-state index contributed by atoms with van der Waals surface area (Å²) >= 11 is 6.40. The minimum Gasteiger partial charge on any atom is -0.497 e. The van der Waals surface area contributed by atoms with Crippen LogP contribution in [-0.4, -0.2) is 29.3 Å². The topological polar surface area (TPSA) is 80.6 Å². The Morgan fingerprint density at radius 1 is 1.25 bits per heavy atom. The Bertz CT molecular complexity index is 1070. The number of pyridine rings is 1. The molecule has 0 aliphatic carbocycles. The second-order valence-electron chi connectivity index (χ2n) is 6.34. The van der Waals surface area contributed by atoms with Crippen molar-refractivity contribution in [2.75, 3.05) is 19.0 Å². The van der Waals surface area contributed by atoms with Crippen LogP contribution in [0.4, 0.5) is 5.69 Å². The molecule has 7 heteroatoms. The van der Waals surface area contributed by atoms with Crippen LogP contribution in [0, 0.1) is 0 Å². The molecule has 0 spiro atoms. The lowest BCUT2D eigenvalue weighted by Crippen LogP contribution is -2.19. The molecule has 0 aliphatic heterocycles. The molecule has 0 fully saturated rings. The second kappa shape index (κ2) is 8.35. The summed E-state index contributed by atoms with van der Waals surface area (Å²) in [6.45, 7) is 3.01. The molecular weight excluding hydrogens is 380 g/mol. The third-order valence-corrected chi connectivity index (χ3v) is 4.94. The summed E-state index contributed by atoms with van der Waals surface area (Å²) in [4.78, 5) is 24.0. The van der Waals surface area contributed by atoms with Crippen molar-refractivity contribution in [3.63, 3.8) is 0 Å². The number of hydrogen-bond acceptors (Lipinski definition) is 4. The van der Waals surface area contributed by atoms with Crippen LogP contribution in [0.3, 0.4) is 0 Å². The SMILES string of the molecule is CCn1cc(C(=O)O)c(=O)c2cc(NCCc3ccc(OC)cc3)c(Cl)cc21. The number of nitrogens with one attached hydrogen (secondary N) is 1. The number of halogens is 1. The van der Waals surface area contributed by atoms with Gasteiger partial charge in [-0.2, -0.15) is 0 Å². The fourth-order valence-corrected chi connectivity index (χ4v) is 3.32. The number of carboxylic acids is 1. The maximum atomic E-state index is 12.6. The van der Waals surface area contributed by atoms with Gasteiger partial charge in [-0.15, -0.1) is 0 Å². The lowest BCUT2D eigenvalue weighted by atomic mass is 10.1. The molecule has 2 aromatic carbocycles. The highest BCUT2D eigenvalue weighted by atomic mass is 35.5. The van der Waals surface area contributed by atoms with Crippen LogP contribution in [0.1, 0.15) is 22.8 Å². The summed E-state index contributed by atoms with van der Waals surface area (Å²) in [6, 6.07) is 11.1. The number of aromatic carboxylic acids is 1. The predicted molar refractivity (Wildman–Crippen MR) is 111 cm³/mol. The first-order valence-corrected chi connectivity index (χ1v) is 9.29. The van der Waals surface area contributed by atoms with Crippen LogP contribution in [0.5, 0.6) is 5.75 Å². The number of nitrogens with zero attached hydrogens (tertiary/aromatic N) is 1. The maximum absolute atomic E-state index is 12.6. The summed E-state index contributed by atoms with van der Waals surface area (Å²) in [5.41, 5.74) is 1.59. The Kier molecular flexibility index (Phi) is 5.90. The minimum absolute atomic E-state index is 0.249. The molecule has 0 atom stereocenters. The quantitative estimate of drug-likeness (QED) is 0.625. The zero-order valence-corrected chi connectivity index (χ0v) is 16.4. The first kappa shape index (κ1) is 19.8. The van der Waals surface area contributed by atoms with Crippen LogP contribution < -0.4 is 15.5 Å². The van der Waals surface area contributed by atoms with Crippen molar-refractivity contribution >= 4 is 34.2 Å². The average Bonchev–Trinajstić information content (AvgIpc) is 2.69. The Morgan fingerprint density at radius 3 is 2.57 bits per heavy atom. The molecule has 3 rings (SSSR count). The summed E-state index contributed by atoms with van der Waals surface area (Å²) in [6.07, 6.45) is 2.12. The van der Waals surface area contributed by atoms with Gasteiger partial charge in [0, 0.05) is 24.7 Å². The third-order valence-electron chi connectivity index (χ3n) is 4.63. The molecule has 0 aliphatic rings. The summed E-state index contributed by atoms with van der Waals surface area (Å²) in [7, 11) is 1.63. The fraction of sp³-hybridized carbons (Fsp3) is 0.238. The molecule has 3 aromatic rings. The van der Waals surface area contributed by atoms with E-state index in [4.69, 9.17) is 16.3 Å². The first-order chi connectivity index (χ1) is 13.4. The van der Waals surface area contributed by atoms with Crippen molar-refractivity contribution in [2.24, 2.45) is 0 Å². The molecule has 28 heavy (non-hydrogen) atoms. The van der Waals surface area contributed by atoms with Crippen LogP contribution in [0.2, 0.25) is 5.02 Å². The van der Waals surface area contributed by atoms with E-state index in [0.29, 0.717) is 34.7 Å².